The fraction of sp³-hybridized carbons (Fsp3) is 0.176. The molecule has 1 aromatic heterocycles. The van der Waals surface area contributed by atoms with Crippen LogP contribution in [-0.2, 0) is 11.3 Å². The van der Waals surface area contributed by atoms with Gasteiger partial charge >= 0.3 is 0 Å². The molecule has 0 aliphatic carbocycles. The van der Waals surface area contributed by atoms with Gasteiger partial charge in [0.2, 0.25) is 11.7 Å². The Labute approximate surface area is 144 Å². The number of halogens is 1. The Morgan fingerprint density at radius 1 is 1.17 bits per heavy atom. The molecule has 6 nitrogen and oxygen atoms in total. The molecule has 0 aliphatic heterocycles. The van der Waals surface area contributed by atoms with E-state index < -0.39 is 0 Å². The first-order chi connectivity index (χ1) is 11.5. The van der Waals surface area contributed by atoms with Crippen molar-refractivity contribution in [2.45, 2.75) is 20.4 Å². The maximum atomic E-state index is 12.2. The summed E-state index contributed by atoms with van der Waals surface area (Å²) in [6.07, 6.45) is 0. The number of carbonyl (C=O) groups excluding carboxylic acids is 1. The van der Waals surface area contributed by atoms with Crippen LogP contribution in [0, 0.1) is 13.8 Å². The van der Waals surface area contributed by atoms with Crippen molar-refractivity contribution in [1.29, 1.82) is 0 Å². The summed E-state index contributed by atoms with van der Waals surface area (Å²) in [7, 11) is 0. The maximum absolute atomic E-state index is 12.2. The number of tetrazole rings is 1. The van der Waals surface area contributed by atoms with Crippen molar-refractivity contribution in [3.63, 3.8) is 0 Å². The van der Waals surface area contributed by atoms with Crippen LogP contribution in [0.5, 0.6) is 0 Å². The first-order valence-electron chi connectivity index (χ1n) is 7.42. The number of nitrogens with one attached hydrogen (secondary N) is 1. The maximum Gasteiger partial charge on any atom is 0.248 e. The number of aryl methyl sites for hydroxylation is 2. The third kappa shape index (κ3) is 3.78. The smallest absolute Gasteiger partial charge is 0.248 e. The second kappa shape index (κ2) is 6.80. The van der Waals surface area contributed by atoms with E-state index in [-0.39, 0.29) is 12.5 Å². The summed E-state index contributed by atoms with van der Waals surface area (Å²) in [5.41, 5.74) is 3.73. The fourth-order valence-corrected chi connectivity index (χ4v) is 2.42. The van der Waals surface area contributed by atoms with E-state index in [0.29, 0.717) is 10.8 Å². The van der Waals surface area contributed by atoms with Crippen molar-refractivity contribution in [3.05, 3.63) is 58.6 Å². The molecule has 0 aliphatic rings. The predicted molar refractivity (Wildman–Crippen MR) is 92.8 cm³/mol. The van der Waals surface area contributed by atoms with Crippen LogP contribution >= 0.6 is 11.6 Å². The molecule has 24 heavy (non-hydrogen) atoms. The molecule has 0 fully saturated rings. The van der Waals surface area contributed by atoms with Gasteiger partial charge in [0.25, 0.3) is 0 Å². The van der Waals surface area contributed by atoms with Gasteiger partial charge in [-0.2, -0.15) is 4.80 Å². The van der Waals surface area contributed by atoms with Crippen LogP contribution in [0.15, 0.2) is 42.5 Å². The monoisotopic (exact) mass is 341 g/mol. The normalized spacial score (nSPS) is 10.6. The van der Waals surface area contributed by atoms with Crippen LogP contribution in [0.25, 0.3) is 11.4 Å². The number of anilines is 1. The highest BCUT2D eigenvalue weighted by Crippen LogP contribution is 2.17. The van der Waals surface area contributed by atoms with Crippen molar-refractivity contribution < 1.29 is 4.79 Å². The number of hydrogen-bond donors (Lipinski definition) is 1. The van der Waals surface area contributed by atoms with Gasteiger partial charge in [0.05, 0.1) is 0 Å². The second-order valence-corrected chi connectivity index (χ2v) is 5.95. The summed E-state index contributed by atoms with van der Waals surface area (Å²) in [5, 5.41) is 15.6. The summed E-state index contributed by atoms with van der Waals surface area (Å²) in [4.78, 5) is 13.4. The number of aromatic nitrogens is 4. The van der Waals surface area contributed by atoms with Gasteiger partial charge in [-0.3, -0.25) is 4.79 Å². The van der Waals surface area contributed by atoms with Crippen LogP contribution in [-0.4, -0.2) is 26.1 Å². The number of rotatable bonds is 4. The van der Waals surface area contributed by atoms with E-state index in [1.54, 1.807) is 24.3 Å². The molecule has 0 unspecified atom stereocenters. The highest BCUT2D eigenvalue weighted by molar-refractivity contribution is 6.30. The van der Waals surface area contributed by atoms with Crippen molar-refractivity contribution in [2.24, 2.45) is 0 Å². The zero-order valence-electron chi connectivity index (χ0n) is 13.3. The molecule has 0 saturated carbocycles. The molecule has 7 heteroatoms. The second-order valence-electron chi connectivity index (χ2n) is 5.52. The Balaban J connectivity index is 1.68. The molecule has 0 saturated heterocycles. The lowest BCUT2D eigenvalue weighted by molar-refractivity contribution is -0.117. The first-order valence-corrected chi connectivity index (χ1v) is 7.80. The lowest BCUT2D eigenvalue weighted by Crippen LogP contribution is -2.21. The van der Waals surface area contributed by atoms with Gasteiger partial charge in [0, 0.05) is 16.3 Å². The van der Waals surface area contributed by atoms with Gasteiger partial charge in [0.1, 0.15) is 6.54 Å². The Bertz CT molecular complexity index is 873. The molecule has 0 radical (unpaired) electrons. The minimum atomic E-state index is -0.206. The molecule has 1 N–H and O–H groups in total. The number of hydrogen-bond acceptors (Lipinski definition) is 4. The van der Waals surface area contributed by atoms with Crippen LogP contribution in [0.1, 0.15) is 11.1 Å². The Hall–Kier alpha value is -2.73. The molecule has 0 atom stereocenters. The van der Waals surface area contributed by atoms with E-state index in [1.807, 2.05) is 32.0 Å². The average Bonchev–Trinajstić information content (AvgIpc) is 2.99. The van der Waals surface area contributed by atoms with Crippen LogP contribution < -0.4 is 5.32 Å². The third-order valence-electron chi connectivity index (χ3n) is 3.50. The van der Waals surface area contributed by atoms with Gasteiger partial charge in [-0.25, -0.2) is 0 Å². The molecule has 3 rings (SSSR count). The van der Waals surface area contributed by atoms with E-state index in [0.717, 1.165) is 22.4 Å². The van der Waals surface area contributed by atoms with Gasteiger partial charge in [-0.1, -0.05) is 29.3 Å². The lowest BCUT2D eigenvalue weighted by Gasteiger charge is -2.08. The number of carbonyl (C=O) groups is 1. The van der Waals surface area contributed by atoms with Gasteiger partial charge < -0.3 is 5.32 Å². The minimum absolute atomic E-state index is 0.00605. The molecular formula is C17H16ClN5O. The SMILES string of the molecule is Cc1ccc(NC(=O)Cn2nnc(-c3ccc(Cl)cc3)n2)c(C)c1. The summed E-state index contributed by atoms with van der Waals surface area (Å²) in [6.45, 7) is 3.96. The van der Waals surface area contributed by atoms with Crippen molar-refractivity contribution in [3.8, 4) is 11.4 Å². The van der Waals surface area contributed by atoms with E-state index in [1.165, 1.54) is 4.80 Å². The average molecular weight is 342 g/mol. The molecule has 122 valence electrons. The van der Waals surface area contributed by atoms with Crippen LogP contribution in [0.4, 0.5) is 5.69 Å². The van der Waals surface area contributed by atoms with E-state index in [9.17, 15) is 4.79 Å². The Morgan fingerprint density at radius 2 is 1.92 bits per heavy atom. The molecule has 2 aromatic carbocycles. The highest BCUT2D eigenvalue weighted by atomic mass is 35.5. The predicted octanol–water partition coefficient (Wildman–Crippen LogP) is 3.25. The summed E-state index contributed by atoms with van der Waals surface area (Å²) >= 11 is 5.86. The van der Waals surface area contributed by atoms with E-state index in [4.69, 9.17) is 11.6 Å². The van der Waals surface area contributed by atoms with Crippen molar-refractivity contribution >= 4 is 23.2 Å². The third-order valence-corrected chi connectivity index (χ3v) is 3.75. The quantitative estimate of drug-likeness (QED) is 0.790. The molecule has 1 heterocycles. The molecular weight excluding hydrogens is 326 g/mol. The topological polar surface area (TPSA) is 72.7 Å². The standard InChI is InChI=1S/C17H16ClN5O/c1-11-3-8-15(12(2)9-11)19-16(24)10-23-21-17(20-22-23)13-4-6-14(18)7-5-13/h3-9H,10H2,1-2H3,(H,19,24). The lowest BCUT2D eigenvalue weighted by atomic mass is 10.1. The minimum Gasteiger partial charge on any atom is -0.324 e. The molecule has 0 spiro atoms. The summed E-state index contributed by atoms with van der Waals surface area (Å²) in [6, 6.07) is 13.0. The van der Waals surface area contributed by atoms with Gasteiger partial charge in [-0.15, -0.1) is 10.2 Å². The van der Waals surface area contributed by atoms with Crippen LogP contribution in [0.2, 0.25) is 5.02 Å². The summed E-state index contributed by atoms with van der Waals surface area (Å²) in [5.74, 6) is 0.244. The molecule has 1 amide bonds. The Morgan fingerprint density at radius 3 is 2.62 bits per heavy atom. The highest BCUT2D eigenvalue weighted by Gasteiger charge is 2.10. The van der Waals surface area contributed by atoms with Crippen LogP contribution in [0.3, 0.4) is 0 Å². The zero-order chi connectivity index (χ0) is 17.1. The van der Waals surface area contributed by atoms with Crippen molar-refractivity contribution in [2.75, 3.05) is 5.32 Å². The first kappa shape index (κ1) is 16.1. The van der Waals surface area contributed by atoms with Gasteiger partial charge in [0.15, 0.2) is 0 Å². The van der Waals surface area contributed by atoms with E-state index in [2.05, 4.69) is 20.7 Å². The number of benzene rings is 2. The largest absolute Gasteiger partial charge is 0.324 e. The van der Waals surface area contributed by atoms with Crippen molar-refractivity contribution in [1.82, 2.24) is 20.2 Å². The molecule has 0 bridgehead atoms. The fourth-order valence-electron chi connectivity index (χ4n) is 2.30. The van der Waals surface area contributed by atoms with E-state index >= 15 is 0 Å². The number of nitrogens with zero attached hydrogens (tertiary/aromatic N) is 4. The number of amides is 1. The molecule has 3 aromatic rings. The summed E-state index contributed by atoms with van der Waals surface area (Å²) < 4.78 is 0. The Kier molecular flexibility index (Phi) is 4.57. The zero-order valence-corrected chi connectivity index (χ0v) is 14.1. The van der Waals surface area contributed by atoms with Gasteiger partial charge in [-0.05, 0) is 55.0 Å².